The van der Waals surface area contributed by atoms with Crippen LogP contribution in [0.5, 0.6) is 0 Å². The smallest absolute Gasteiger partial charge is 0.268 e. The number of aromatic nitrogens is 3. The summed E-state index contributed by atoms with van der Waals surface area (Å²) in [7, 11) is 0. The Hall–Kier alpha value is -1.91. The van der Waals surface area contributed by atoms with E-state index in [4.69, 9.17) is 5.73 Å². The lowest BCUT2D eigenvalue weighted by Gasteiger charge is -1.94. The zero-order valence-electron chi connectivity index (χ0n) is 8.11. The summed E-state index contributed by atoms with van der Waals surface area (Å²) < 4.78 is 0. The molecule has 2 rings (SSSR count). The predicted octanol–water partition coefficient (Wildman–Crippen LogP) is 1.08. The summed E-state index contributed by atoms with van der Waals surface area (Å²) in [5.41, 5.74) is 5.97. The fourth-order valence-electron chi connectivity index (χ4n) is 1.07. The third-order valence-electron chi connectivity index (χ3n) is 1.59. The summed E-state index contributed by atoms with van der Waals surface area (Å²) in [5.74, 6) is -0.540. The first-order valence-electron chi connectivity index (χ1n) is 4.37. The van der Waals surface area contributed by atoms with Gasteiger partial charge in [-0.25, -0.2) is 9.97 Å². The molecule has 0 aromatic carbocycles. The molecule has 14 heavy (non-hydrogen) atoms. The highest BCUT2D eigenvalue weighted by molar-refractivity contribution is 6.02. The van der Waals surface area contributed by atoms with Gasteiger partial charge in [0, 0.05) is 6.20 Å². The minimum atomic E-state index is -0.540. The summed E-state index contributed by atoms with van der Waals surface area (Å²) in [5, 5.41) is 0.657. The molecule has 2 aromatic heterocycles. The maximum Gasteiger partial charge on any atom is 0.268 e. The first kappa shape index (κ1) is 10.2. The number of carbonyl (C=O) groups is 1. The molecule has 0 fully saturated rings. The van der Waals surface area contributed by atoms with Gasteiger partial charge in [0.15, 0.2) is 0 Å². The number of amides is 1. The molecular weight excluding hydrogens is 180 g/mol. The minimum Gasteiger partial charge on any atom is -0.364 e. The van der Waals surface area contributed by atoms with Crippen molar-refractivity contribution in [2.24, 2.45) is 5.73 Å². The first-order chi connectivity index (χ1) is 6.79. The van der Waals surface area contributed by atoms with Crippen molar-refractivity contribution < 1.29 is 4.79 Å². The summed E-state index contributed by atoms with van der Waals surface area (Å²) >= 11 is 0. The summed E-state index contributed by atoms with van der Waals surface area (Å²) in [4.78, 5) is 21.4. The van der Waals surface area contributed by atoms with Gasteiger partial charge in [-0.2, -0.15) is 0 Å². The summed E-state index contributed by atoms with van der Waals surface area (Å²) in [6, 6.07) is 1.72. The van der Waals surface area contributed by atoms with Crippen molar-refractivity contribution in [1.82, 2.24) is 15.0 Å². The Bertz CT molecular complexity index is 435. The van der Waals surface area contributed by atoms with Crippen LogP contribution < -0.4 is 5.73 Å². The zero-order valence-corrected chi connectivity index (χ0v) is 8.11. The lowest BCUT2D eigenvalue weighted by atomic mass is 10.3. The molecule has 2 aromatic rings. The van der Waals surface area contributed by atoms with Gasteiger partial charge in [0.05, 0.1) is 5.39 Å². The molecule has 0 aliphatic heterocycles. The normalized spacial score (nSPS) is 9.29. The SMILES string of the molecule is CC.NC(=O)c1ncnc2[nH]ccc12. The number of hydrogen-bond donors (Lipinski definition) is 2. The molecule has 0 aliphatic carbocycles. The number of fused-ring (bicyclic) bond motifs is 1. The largest absolute Gasteiger partial charge is 0.364 e. The Kier molecular flexibility index (Phi) is 3.17. The average molecular weight is 192 g/mol. The van der Waals surface area contributed by atoms with Crippen molar-refractivity contribution in [3.05, 3.63) is 24.3 Å². The van der Waals surface area contributed by atoms with E-state index < -0.39 is 5.91 Å². The number of H-pyrrole nitrogens is 1. The van der Waals surface area contributed by atoms with Crippen LogP contribution in [0, 0.1) is 0 Å². The molecule has 0 bridgehead atoms. The fraction of sp³-hybridized carbons (Fsp3) is 0.222. The van der Waals surface area contributed by atoms with Gasteiger partial charge in [-0.15, -0.1) is 0 Å². The van der Waals surface area contributed by atoms with Gasteiger partial charge in [-0.05, 0) is 6.07 Å². The van der Waals surface area contributed by atoms with Gasteiger partial charge < -0.3 is 10.7 Å². The third-order valence-corrected chi connectivity index (χ3v) is 1.59. The van der Waals surface area contributed by atoms with E-state index in [1.807, 2.05) is 13.8 Å². The second kappa shape index (κ2) is 4.36. The molecular formula is C9H12N4O. The lowest BCUT2D eigenvalue weighted by Crippen LogP contribution is -2.13. The Balaban J connectivity index is 0.000000461. The van der Waals surface area contributed by atoms with E-state index in [1.54, 1.807) is 12.3 Å². The van der Waals surface area contributed by atoms with Crippen LogP contribution in [0.15, 0.2) is 18.6 Å². The molecule has 0 spiro atoms. The lowest BCUT2D eigenvalue weighted by molar-refractivity contribution is 0.0997. The van der Waals surface area contributed by atoms with E-state index in [1.165, 1.54) is 6.33 Å². The molecule has 0 radical (unpaired) electrons. The number of nitrogens with two attached hydrogens (primary N) is 1. The molecule has 0 aliphatic rings. The number of nitrogens with zero attached hydrogens (tertiary/aromatic N) is 2. The number of primary amides is 1. The van der Waals surface area contributed by atoms with Gasteiger partial charge in [0.1, 0.15) is 17.7 Å². The fourth-order valence-corrected chi connectivity index (χ4v) is 1.07. The van der Waals surface area contributed by atoms with Crippen molar-refractivity contribution in [2.75, 3.05) is 0 Å². The van der Waals surface area contributed by atoms with Crippen LogP contribution >= 0.6 is 0 Å². The third kappa shape index (κ3) is 1.71. The van der Waals surface area contributed by atoms with E-state index >= 15 is 0 Å². The molecule has 0 saturated carbocycles. The van der Waals surface area contributed by atoms with Crippen LogP contribution in [0.2, 0.25) is 0 Å². The highest BCUT2D eigenvalue weighted by Crippen LogP contribution is 2.11. The van der Waals surface area contributed by atoms with Gasteiger partial charge in [-0.3, -0.25) is 4.79 Å². The molecule has 5 heteroatoms. The second-order valence-electron chi connectivity index (χ2n) is 2.33. The molecule has 74 valence electrons. The molecule has 2 heterocycles. The highest BCUT2D eigenvalue weighted by atomic mass is 16.1. The Morgan fingerprint density at radius 3 is 2.79 bits per heavy atom. The van der Waals surface area contributed by atoms with Crippen molar-refractivity contribution in [2.45, 2.75) is 13.8 Å². The number of carbonyl (C=O) groups excluding carboxylic acids is 1. The number of hydrogen-bond acceptors (Lipinski definition) is 3. The molecule has 3 N–H and O–H groups in total. The molecule has 5 nitrogen and oxygen atoms in total. The standard InChI is InChI=1S/C7H6N4O.C2H6/c8-6(12)5-4-1-2-9-7(4)11-3-10-5;1-2/h1-3H,(H2,8,12)(H,9,10,11);1-2H3. The number of aromatic amines is 1. The van der Waals surface area contributed by atoms with Gasteiger partial charge in [0.2, 0.25) is 0 Å². The van der Waals surface area contributed by atoms with Gasteiger partial charge in [-0.1, -0.05) is 13.8 Å². The van der Waals surface area contributed by atoms with Gasteiger partial charge >= 0.3 is 0 Å². The molecule has 0 saturated heterocycles. The Labute approximate surface area is 81.4 Å². The maximum absolute atomic E-state index is 10.8. The van der Waals surface area contributed by atoms with E-state index in [9.17, 15) is 4.79 Å². The topological polar surface area (TPSA) is 84.7 Å². The van der Waals surface area contributed by atoms with E-state index in [0.29, 0.717) is 11.0 Å². The Morgan fingerprint density at radius 2 is 2.14 bits per heavy atom. The van der Waals surface area contributed by atoms with Crippen LogP contribution in [0.4, 0.5) is 0 Å². The van der Waals surface area contributed by atoms with E-state index in [0.717, 1.165) is 0 Å². The summed E-state index contributed by atoms with van der Waals surface area (Å²) in [6.07, 6.45) is 2.99. The number of nitrogens with one attached hydrogen (secondary N) is 1. The van der Waals surface area contributed by atoms with E-state index in [-0.39, 0.29) is 5.69 Å². The van der Waals surface area contributed by atoms with Crippen LogP contribution in [-0.4, -0.2) is 20.9 Å². The molecule has 1 amide bonds. The van der Waals surface area contributed by atoms with Crippen molar-refractivity contribution in [1.29, 1.82) is 0 Å². The van der Waals surface area contributed by atoms with Crippen LogP contribution in [0.1, 0.15) is 24.3 Å². The highest BCUT2D eigenvalue weighted by Gasteiger charge is 2.08. The monoisotopic (exact) mass is 192 g/mol. The number of rotatable bonds is 1. The first-order valence-corrected chi connectivity index (χ1v) is 4.37. The van der Waals surface area contributed by atoms with E-state index in [2.05, 4.69) is 15.0 Å². The quantitative estimate of drug-likeness (QED) is 0.709. The van der Waals surface area contributed by atoms with Crippen molar-refractivity contribution >= 4 is 16.9 Å². The van der Waals surface area contributed by atoms with Crippen LogP contribution in [-0.2, 0) is 0 Å². The predicted molar refractivity (Wildman–Crippen MR) is 53.8 cm³/mol. The van der Waals surface area contributed by atoms with Crippen molar-refractivity contribution in [3.8, 4) is 0 Å². The second-order valence-corrected chi connectivity index (χ2v) is 2.33. The maximum atomic E-state index is 10.8. The zero-order chi connectivity index (χ0) is 10.6. The van der Waals surface area contributed by atoms with Crippen LogP contribution in [0.25, 0.3) is 11.0 Å². The van der Waals surface area contributed by atoms with Gasteiger partial charge in [0.25, 0.3) is 5.91 Å². The summed E-state index contributed by atoms with van der Waals surface area (Å²) in [6.45, 7) is 4.00. The van der Waals surface area contributed by atoms with Crippen LogP contribution in [0.3, 0.4) is 0 Å². The minimum absolute atomic E-state index is 0.251. The average Bonchev–Trinajstić information content (AvgIpc) is 2.67. The Morgan fingerprint density at radius 1 is 1.43 bits per heavy atom. The molecule has 0 unspecified atom stereocenters. The van der Waals surface area contributed by atoms with Crippen molar-refractivity contribution in [3.63, 3.8) is 0 Å². The molecule has 0 atom stereocenters.